The number of pyridine rings is 1. The van der Waals surface area contributed by atoms with E-state index in [1.165, 1.54) is 0 Å². The van der Waals surface area contributed by atoms with Crippen LogP contribution in [-0.2, 0) is 11.2 Å². The molecule has 0 saturated heterocycles. The number of carboxylic acids is 1. The predicted octanol–water partition coefficient (Wildman–Crippen LogP) is 1.91. The molecule has 1 N–H and O–H groups in total. The molecule has 2 aromatic rings. The summed E-state index contributed by atoms with van der Waals surface area (Å²) in [7, 11) is 0. The number of hydrogen-bond acceptors (Lipinski definition) is 2. The van der Waals surface area contributed by atoms with Crippen molar-refractivity contribution in [2.24, 2.45) is 5.92 Å². The van der Waals surface area contributed by atoms with Gasteiger partial charge in [-0.3, -0.25) is 4.79 Å². The average Bonchev–Trinajstić information content (AvgIpc) is 2.59. The van der Waals surface area contributed by atoms with Crippen LogP contribution in [0.2, 0.25) is 0 Å². The Hall–Kier alpha value is -1.84. The SMILES string of the molecule is Cc1cn2cccc(CC(C)C(=O)O)c2n1. The molecule has 4 heteroatoms. The summed E-state index contributed by atoms with van der Waals surface area (Å²) < 4.78 is 1.93. The second-order valence-corrected chi connectivity index (χ2v) is 4.09. The first-order chi connectivity index (χ1) is 7.58. The molecule has 0 amide bonds. The second kappa shape index (κ2) is 3.96. The summed E-state index contributed by atoms with van der Waals surface area (Å²) >= 11 is 0. The van der Waals surface area contributed by atoms with Crippen molar-refractivity contribution in [1.29, 1.82) is 0 Å². The van der Waals surface area contributed by atoms with Crippen molar-refractivity contribution in [1.82, 2.24) is 9.38 Å². The first-order valence-electron chi connectivity index (χ1n) is 5.24. The Morgan fingerprint density at radius 3 is 3.06 bits per heavy atom. The number of imidazole rings is 1. The van der Waals surface area contributed by atoms with E-state index in [2.05, 4.69) is 4.98 Å². The van der Waals surface area contributed by atoms with Crippen LogP contribution in [0, 0.1) is 12.8 Å². The van der Waals surface area contributed by atoms with E-state index in [-0.39, 0.29) is 5.92 Å². The van der Waals surface area contributed by atoms with Crippen LogP contribution in [0.5, 0.6) is 0 Å². The number of nitrogens with zero attached hydrogens (tertiary/aromatic N) is 2. The van der Waals surface area contributed by atoms with Gasteiger partial charge in [0.1, 0.15) is 5.65 Å². The highest BCUT2D eigenvalue weighted by Gasteiger charge is 2.14. The largest absolute Gasteiger partial charge is 0.481 e. The van der Waals surface area contributed by atoms with Crippen molar-refractivity contribution in [3.8, 4) is 0 Å². The molecule has 1 unspecified atom stereocenters. The van der Waals surface area contributed by atoms with Crippen LogP contribution in [0.15, 0.2) is 24.5 Å². The van der Waals surface area contributed by atoms with Crippen molar-refractivity contribution in [3.05, 3.63) is 35.8 Å². The Bertz CT molecular complexity index is 531. The number of fused-ring (bicyclic) bond motifs is 1. The number of hydrogen-bond donors (Lipinski definition) is 1. The van der Waals surface area contributed by atoms with Crippen LogP contribution in [0.4, 0.5) is 0 Å². The molecule has 0 aliphatic heterocycles. The molecule has 0 spiro atoms. The van der Waals surface area contributed by atoms with Crippen molar-refractivity contribution in [3.63, 3.8) is 0 Å². The highest BCUT2D eigenvalue weighted by Crippen LogP contribution is 2.15. The van der Waals surface area contributed by atoms with Gasteiger partial charge in [0, 0.05) is 12.4 Å². The summed E-state index contributed by atoms with van der Waals surface area (Å²) in [6, 6.07) is 3.85. The fourth-order valence-corrected chi connectivity index (χ4v) is 1.77. The van der Waals surface area contributed by atoms with E-state index >= 15 is 0 Å². The van der Waals surface area contributed by atoms with E-state index < -0.39 is 5.97 Å². The third-order valence-electron chi connectivity index (χ3n) is 2.63. The summed E-state index contributed by atoms with van der Waals surface area (Å²) in [6.07, 6.45) is 4.37. The van der Waals surface area contributed by atoms with E-state index in [1.807, 2.05) is 35.9 Å². The van der Waals surface area contributed by atoms with Crippen molar-refractivity contribution >= 4 is 11.6 Å². The Labute approximate surface area is 93.5 Å². The fourth-order valence-electron chi connectivity index (χ4n) is 1.77. The molecule has 2 aromatic heterocycles. The summed E-state index contributed by atoms with van der Waals surface area (Å²) in [5.41, 5.74) is 2.77. The van der Waals surface area contributed by atoms with E-state index in [1.54, 1.807) is 6.92 Å². The molecule has 84 valence electrons. The number of carboxylic acid groups (broad SMARTS) is 1. The molecule has 0 radical (unpaired) electrons. The highest BCUT2D eigenvalue weighted by atomic mass is 16.4. The quantitative estimate of drug-likeness (QED) is 0.856. The molecule has 0 aromatic carbocycles. The predicted molar refractivity (Wildman–Crippen MR) is 60.4 cm³/mol. The number of aromatic nitrogens is 2. The lowest BCUT2D eigenvalue weighted by Gasteiger charge is -2.07. The molecule has 1 atom stereocenters. The standard InChI is InChI=1S/C12H14N2O2/c1-8(12(15)16)6-10-4-3-5-14-7-9(2)13-11(10)14/h3-5,7-8H,6H2,1-2H3,(H,15,16). The van der Waals surface area contributed by atoms with Crippen molar-refractivity contribution in [2.75, 3.05) is 0 Å². The fraction of sp³-hybridized carbons (Fsp3) is 0.333. The van der Waals surface area contributed by atoms with Crippen LogP contribution >= 0.6 is 0 Å². The van der Waals surface area contributed by atoms with Crippen LogP contribution in [0.3, 0.4) is 0 Å². The Kier molecular flexibility index (Phi) is 2.64. The van der Waals surface area contributed by atoms with Gasteiger partial charge in [0.05, 0.1) is 11.6 Å². The van der Waals surface area contributed by atoms with Crippen LogP contribution in [0.1, 0.15) is 18.2 Å². The lowest BCUT2D eigenvalue weighted by molar-refractivity contribution is -0.141. The van der Waals surface area contributed by atoms with E-state index in [0.29, 0.717) is 6.42 Å². The lowest BCUT2D eigenvalue weighted by atomic mass is 10.0. The zero-order chi connectivity index (χ0) is 11.7. The maximum atomic E-state index is 10.8. The lowest BCUT2D eigenvalue weighted by Crippen LogP contribution is -2.12. The number of rotatable bonds is 3. The molecule has 4 nitrogen and oxygen atoms in total. The van der Waals surface area contributed by atoms with Gasteiger partial charge in [-0.15, -0.1) is 0 Å². The number of aliphatic carboxylic acids is 1. The first-order valence-corrected chi connectivity index (χ1v) is 5.24. The van der Waals surface area contributed by atoms with E-state index in [4.69, 9.17) is 5.11 Å². The molecule has 2 heterocycles. The van der Waals surface area contributed by atoms with Crippen molar-refractivity contribution in [2.45, 2.75) is 20.3 Å². The van der Waals surface area contributed by atoms with Gasteiger partial charge in [-0.2, -0.15) is 0 Å². The first kappa shape index (κ1) is 10.7. The van der Waals surface area contributed by atoms with Gasteiger partial charge in [-0.05, 0) is 25.0 Å². The third-order valence-corrected chi connectivity index (χ3v) is 2.63. The van der Waals surface area contributed by atoms with Gasteiger partial charge in [0.25, 0.3) is 0 Å². The van der Waals surface area contributed by atoms with Gasteiger partial charge in [-0.25, -0.2) is 4.98 Å². The Balaban J connectivity index is 2.40. The third kappa shape index (κ3) is 1.91. The van der Waals surface area contributed by atoms with Gasteiger partial charge >= 0.3 is 5.97 Å². The van der Waals surface area contributed by atoms with E-state index in [9.17, 15) is 4.79 Å². The normalized spacial score (nSPS) is 12.9. The summed E-state index contributed by atoms with van der Waals surface area (Å²) in [4.78, 5) is 15.2. The number of aryl methyl sites for hydroxylation is 1. The zero-order valence-electron chi connectivity index (χ0n) is 9.34. The molecule has 0 bridgehead atoms. The minimum Gasteiger partial charge on any atom is -0.481 e. The number of carbonyl (C=O) groups is 1. The highest BCUT2D eigenvalue weighted by molar-refractivity contribution is 5.70. The minimum atomic E-state index is -0.773. The van der Waals surface area contributed by atoms with Gasteiger partial charge in [0.2, 0.25) is 0 Å². The summed E-state index contributed by atoms with van der Waals surface area (Å²) in [6.45, 7) is 3.64. The topological polar surface area (TPSA) is 54.6 Å². The average molecular weight is 218 g/mol. The van der Waals surface area contributed by atoms with Crippen LogP contribution in [-0.4, -0.2) is 20.5 Å². The second-order valence-electron chi connectivity index (χ2n) is 4.09. The minimum absolute atomic E-state index is 0.386. The summed E-state index contributed by atoms with van der Waals surface area (Å²) in [5.74, 6) is -1.16. The van der Waals surface area contributed by atoms with Gasteiger partial charge in [-0.1, -0.05) is 13.0 Å². The molecular formula is C12H14N2O2. The molecule has 16 heavy (non-hydrogen) atoms. The smallest absolute Gasteiger partial charge is 0.306 e. The Morgan fingerprint density at radius 2 is 2.38 bits per heavy atom. The monoisotopic (exact) mass is 218 g/mol. The van der Waals surface area contributed by atoms with Gasteiger partial charge < -0.3 is 9.51 Å². The molecule has 2 rings (SSSR count). The molecule has 0 aliphatic rings. The molecule has 0 aliphatic carbocycles. The van der Waals surface area contributed by atoms with Crippen LogP contribution in [0.25, 0.3) is 5.65 Å². The molecule has 0 saturated carbocycles. The Morgan fingerprint density at radius 1 is 1.62 bits per heavy atom. The zero-order valence-corrected chi connectivity index (χ0v) is 9.34. The van der Waals surface area contributed by atoms with Crippen LogP contribution < -0.4 is 0 Å². The maximum absolute atomic E-state index is 10.8. The van der Waals surface area contributed by atoms with Gasteiger partial charge in [0.15, 0.2) is 0 Å². The maximum Gasteiger partial charge on any atom is 0.306 e. The molecular weight excluding hydrogens is 204 g/mol. The van der Waals surface area contributed by atoms with E-state index in [0.717, 1.165) is 16.9 Å². The van der Waals surface area contributed by atoms with Crippen molar-refractivity contribution < 1.29 is 9.90 Å². The summed E-state index contributed by atoms with van der Waals surface area (Å²) in [5, 5.41) is 8.89. The molecule has 0 fully saturated rings.